The number of carbonyl (C=O) groups excluding carboxylic acids is 3. The number of rotatable bonds is 7. The minimum absolute atomic E-state index is 0.0401. The third kappa shape index (κ3) is 4.81. The molecule has 1 atom stereocenters. The van der Waals surface area contributed by atoms with E-state index in [0.717, 1.165) is 17.5 Å². The topological polar surface area (TPSA) is 111 Å². The molecule has 2 aromatic carbocycles. The number of esters is 1. The van der Waals surface area contributed by atoms with Crippen molar-refractivity contribution in [1.29, 1.82) is 0 Å². The molecule has 0 spiro atoms. The summed E-state index contributed by atoms with van der Waals surface area (Å²) in [7, 11) is 1.53. The number of hydrogen-bond donors (Lipinski definition) is 0. The monoisotopic (exact) mass is 496 g/mol. The minimum atomic E-state index is -1.20. The van der Waals surface area contributed by atoms with E-state index in [-0.39, 0.29) is 24.3 Å². The van der Waals surface area contributed by atoms with E-state index in [4.69, 9.17) is 16.3 Å². The molecular formula is C25H25ClN4O5. The Balaban J connectivity index is 1.42. The fraction of sp³-hybridized carbons (Fsp3) is 0.360. The zero-order chi connectivity index (χ0) is 25.0. The van der Waals surface area contributed by atoms with E-state index in [2.05, 4.69) is 10.3 Å². The molecule has 1 saturated carbocycles. The first-order valence-corrected chi connectivity index (χ1v) is 11.8. The maximum atomic E-state index is 13.1. The van der Waals surface area contributed by atoms with Crippen molar-refractivity contribution < 1.29 is 19.1 Å². The third-order valence-corrected chi connectivity index (χ3v) is 6.76. The van der Waals surface area contributed by atoms with Gasteiger partial charge in [-0.1, -0.05) is 47.1 Å². The summed E-state index contributed by atoms with van der Waals surface area (Å²) < 4.78 is 6.26. The Morgan fingerprint density at radius 2 is 1.86 bits per heavy atom. The largest absolute Gasteiger partial charge is 0.456 e. The molecule has 0 radical (unpaired) electrons. The normalized spacial score (nSPS) is 17.8. The van der Waals surface area contributed by atoms with E-state index < -0.39 is 24.0 Å². The number of fused-ring (bicyclic) bond motifs is 1. The molecule has 1 amide bonds. The van der Waals surface area contributed by atoms with Gasteiger partial charge in [0.25, 0.3) is 11.5 Å². The highest BCUT2D eigenvalue weighted by molar-refractivity contribution is 6.31. The predicted octanol–water partition coefficient (Wildman–Crippen LogP) is 2.88. The van der Waals surface area contributed by atoms with Crippen molar-refractivity contribution in [3.05, 3.63) is 69.5 Å². The van der Waals surface area contributed by atoms with E-state index in [1.807, 2.05) is 0 Å². The maximum Gasteiger partial charge on any atom is 0.308 e. The second-order valence-corrected chi connectivity index (χ2v) is 8.88. The molecule has 1 heterocycles. The molecule has 1 unspecified atom stereocenters. The zero-order valence-corrected chi connectivity index (χ0v) is 20.0. The van der Waals surface area contributed by atoms with E-state index >= 15 is 0 Å². The van der Waals surface area contributed by atoms with Crippen molar-refractivity contribution in [3.8, 4) is 0 Å². The molecule has 4 rings (SSSR count). The Kier molecular flexibility index (Phi) is 7.25. The number of Topliss-reactive ketones (excluding diaryl/α,β-unsaturated/α-hetero) is 1. The molecule has 3 aromatic rings. The van der Waals surface area contributed by atoms with Crippen LogP contribution in [0.25, 0.3) is 10.9 Å². The Labute approximate surface area is 206 Å². The van der Waals surface area contributed by atoms with Crippen molar-refractivity contribution in [2.75, 3.05) is 13.7 Å². The van der Waals surface area contributed by atoms with Crippen molar-refractivity contribution >= 4 is 40.2 Å². The van der Waals surface area contributed by atoms with Crippen LogP contribution in [0.1, 0.15) is 37.7 Å². The van der Waals surface area contributed by atoms with Gasteiger partial charge in [-0.05, 0) is 37.5 Å². The van der Waals surface area contributed by atoms with E-state index in [1.54, 1.807) is 48.5 Å². The van der Waals surface area contributed by atoms with Crippen molar-refractivity contribution in [2.24, 2.45) is 0 Å². The smallest absolute Gasteiger partial charge is 0.308 e. The van der Waals surface area contributed by atoms with Gasteiger partial charge in [-0.3, -0.25) is 19.2 Å². The van der Waals surface area contributed by atoms with E-state index in [9.17, 15) is 19.2 Å². The molecule has 1 aliphatic rings. The molecular weight excluding hydrogens is 472 g/mol. The number of amides is 1. The molecule has 10 heteroatoms. The first-order valence-electron chi connectivity index (χ1n) is 11.4. The number of nitrogens with zero attached hydrogens (tertiary/aromatic N) is 4. The Bertz CT molecular complexity index is 1340. The summed E-state index contributed by atoms with van der Waals surface area (Å²) in [6.07, 6.45) is 2.12. The summed E-state index contributed by atoms with van der Waals surface area (Å²) in [6, 6.07) is 13.8. The van der Waals surface area contributed by atoms with E-state index in [0.29, 0.717) is 34.3 Å². The lowest BCUT2D eigenvalue weighted by atomic mass is 9.74. The minimum Gasteiger partial charge on any atom is -0.456 e. The first kappa shape index (κ1) is 24.5. The molecule has 0 bridgehead atoms. The molecule has 1 aromatic heterocycles. The Hall–Kier alpha value is -3.59. The second kappa shape index (κ2) is 10.4. The van der Waals surface area contributed by atoms with Crippen LogP contribution in [-0.4, -0.2) is 51.2 Å². The standard InChI is InChI=1S/C25H25ClN4O5/c1-29(25(14-7-6-12-21(25)31)18-9-3-4-10-19(18)26)22(32)16-35-23(33)13-15-30-24(34)17-8-2-5-11-20(17)27-28-30/h2-5,8-11H,6-7,12-16H2,1H3. The summed E-state index contributed by atoms with van der Waals surface area (Å²) in [5, 5.41) is 8.62. The molecule has 0 N–H and O–H groups in total. The number of aryl methyl sites for hydroxylation is 1. The number of aromatic nitrogens is 3. The van der Waals surface area contributed by atoms with Crippen LogP contribution in [0, 0.1) is 0 Å². The van der Waals surface area contributed by atoms with Gasteiger partial charge < -0.3 is 9.64 Å². The van der Waals surface area contributed by atoms with Gasteiger partial charge in [0.15, 0.2) is 12.4 Å². The van der Waals surface area contributed by atoms with Gasteiger partial charge in [0.05, 0.1) is 18.4 Å². The number of likely N-dealkylation sites (N-methyl/N-ethyl adjacent to an activating group) is 1. The summed E-state index contributed by atoms with van der Waals surface area (Å²) in [5.41, 5.74) is -0.525. The fourth-order valence-corrected chi connectivity index (χ4v) is 4.81. The number of carbonyl (C=O) groups is 3. The molecule has 35 heavy (non-hydrogen) atoms. The molecule has 182 valence electrons. The van der Waals surface area contributed by atoms with Gasteiger partial charge in [-0.25, -0.2) is 4.68 Å². The van der Waals surface area contributed by atoms with Crippen molar-refractivity contribution in [2.45, 2.75) is 44.2 Å². The SMILES string of the molecule is CN(C(=O)COC(=O)CCn1nnc2ccccc2c1=O)C1(c2ccccc2Cl)CCCCC1=O. The number of halogens is 1. The van der Waals surface area contributed by atoms with Gasteiger partial charge >= 0.3 is 5.97 Å². The van der Waals surface area contributed by atoms with Crippen LogP contribution in [0.5, 0.6) is 0 Å². The highest BCUT2D eigenvalue weighted by Crippen LogP contribution is 2.42. The Morgan fingerprint density at radius 1 is 1.11 bits per heavy atom. The van der Waals surface area contributed by atoms with Crippen molar-refractivity contribution in [3.63, 3.8) is 0 Å². The van der Waals surface area contributed by atoms with Gasteiger partial charge in [0, 0.05) is 24.1 Å². The molecule has 1 fully saturated rings. The summed E-state index contributed by atoms with van der Waals surface area (Å²) >= 11 is 6.42. The van der Waals surface area contributed by atoms with Crippen LogP contribution in [-0.2, 0) is 31.2 Å². The van der Waals surface area contributed by atoms with Crippen LogP contribution in [0.4, 0.5) is 0 Å². The fourth-order valence-electron chi connectivity index (χ4n) is 4.52. The summed E-state index contributed by atoms with van der Waals surface area (Å²) in [5.74, 6) is -1.28. The molecule has 0 aliphatic heterocycles. The molecule has 0 saturated heterocycles. The van der Waals surface area contributed by atoms with Crippen molar-refractivity contribution in [1.82, 2.24) is 19.9 Å². The average Bonchev–Trinajstić information content (AvgIpc) is 2.87. The predicted molar refractivity (Wildman–Crippen MR) is 129 cm³/mol. The lowest BCUT2D eigenvalue weighted by molar-refractivity contribution is -0.157. The van der Waals surface area contributed by atoms with Crippen LogP contribution in [0.2, 0.25) is 5.02 Å². The highest BCUT2D eigenvalue weighted by atomic mass is 35.5. The van der Waals surface area contributed by atoms with Crippen LogP contribution in [0.15, 0.2) is 53.3 Å². The van der Waals surface area contributed by atoms with Crippen LogP contribution < -0.4 is 5.56 Å². The van der Waals surface area contributed by atoms with Crippen LogP contribution in [0.3, 0.4) is 0 Å². The molecule has 9 nitrogen and oxygen atoms in total. The summed E-state index contributed by atoms with van der Waals surface area (Å²) in [4.78, 5) is 52.3. The average molecular weight is 497 g/mol. The number of benzene rings is 2. The lowest BCUT2D eigenvalue weighted by Gasteiger charge is -2.43. The van der Waals surface area contributed by atoms with Gasteiger partial charge in [-0.2, -0.15) is 0 Å². The zero-order valence-electron chi connectivity index (χ0n) is 19.3. The lowest BCUT2D eigenvalue weighted by Crippen LogP contribution is -2.55. The molecule has 1 aliphatic carbocycles. The van der Waals surface area contributed by atoms with E-state index in [1.165, 1.54) is 11.9 Å². The second-order valence-electron chi connectivity index (χ2n) is 8.47. The quantitative estimate of drug-likeness (QED) is 0.462. The number of hydrogen-bond acceptors (Lipinski definition) is 7. The van der Waals surface area contributed by atoms with Gasteiger partial charge in [0.1, 0.15) is 11.1 Å². The number of ether oxygens (including phenoxy) is 1. The first-order chi connectivity index (χ1) is 16.8. The van der Waals surface area contributed by atoms with Gasteiger partial charge in [0.2, 0.25) is 0 Å². The summed E-state index contributed by atoms with van der Waals surface area (Å²) in [6.45, 7) is -0.575. The van der Waals surface area contributed by atoms with Crippen LogP contribution >= 0.6 is 11.6 Å². The number of ketones is 1. The maximum absolute atomic E-state index is 13.1. The third-order valence-electron chi connectivity index (χ3n) is 6.43. The Morgan fingerprint density at radius 3 is 2.63 bits per heavy atom. The van der Waals surface area contributed by atoms with Gasteiger partial charge in [-0.15, -0.1) is 5.10 Å². The highest BCUT2D eigenvalue weighted by Gasteiger charge is 2.48.